The average molecular weight is 382 g/mol. The SMILES string of the molecule is CCCNCCNC(=O)C(C)SCc1ncc(-c2ccc(Cl)cc2)o1. The number of benzene rings is 1. The second kappa shape index (κ2) is 10.5. The zero-order valence-corrected chi connectivity index (χ0v) is 16.1. The number of aromatic nitrogens is 1. The van der Waals surface area contributed by atoms with E-state index >= 15 is 0 Å². The smallest absolute Gasteiger partial charge is 0.232 e. The molecule has 2 rings (SSSR count). The van der Waals surface area contributed by atoms with Gasteiger partial charge in [-0.25, -0.2) is 4.98 Å². The molecule has 0 radical (unpaired) electrons. The Balaban J connectivity index is 1.75. The van der Waals surface area contributed by atoms with Crippen molar-refractivity contribution in [2.75, 3.05) is 19.6 Å². The normalized spacial score (nSPS) is 12.1. The fourth-order valence-electron chi connectivity index (χ4n) is 2.12. The molecule has 25 heavy (non-hydrogen) atoms. The van der Waals surface area contributed by atoms with Gasteiger partial charge in [0.25, 0.3) is 0 Å². The summed E-state index contributed by atoms with van der Waals surface area (Å²) in [4.78, 5) is 16.3. The lowest BCUT2D eigenvalue weighted by Gasteiger charge is -2.11. The van der Waals surface area contributed by atoms with Crippen LogP contribution >= 0.6 is 23.4 Å². The van der Waals surface area contributed by atoms with Gasteiger partial charge in [0, 0.05) is 23.7 Å². The van der Waals surface area contributed by atoms with E-state index in [0.717, 1.165) is 25.1 Å². The molecule has 0 bridgehead atoms. The van der Waals surface area contributed by atoms with E-state index in [9.17, 15) is 4.79 Å². The van der Waals surface area contributed by atoms with Crippen LogP contribution in [0.15, 0.2) is 34.9 Å². The fraction of sp³-hybridized carbons (Fsp3) is 0.444. The van der Waals surface area contributed by atoms with E-state index in [1.807, 2.05) is 31.2 Å². The maximum Gasteiger partial charge on any atom is 0.232 e. The molecule has 2 N–H and O–H groups in total. The van der Waals surface area contributed by atoms with Crippen LogP contribution in [-0.4, -0.2) is 35.8 Å². The van der Waals surface area contributed by atoms with Crippen LogP contribution in [-0.2, 0) is 10.5 Å². The van der Waals surface area contributed by atoms with Gasteiger partial charge in [-0.05, 0) is 44.2 Å². The molecule has 0 aliphatic carbocycles. The van der Waals surface area contributed by atoms with Crippen LogP contribution in [0, 0.1) is 0 Å². The number of hydrogen-bond acceptors (Lipinski definition) is 5. The zero-order valence-electron chi connectivity index (χ0n) is 14.5. The lowest BCUT2D eigenvalue weighted by atomic mass is 10.2. The van der Waals surface area contributed by atoms with Crippen molar-refractivity contribution in [1.82, 2.24) is 15.6 Å². The molecular weight excluding hydrogens is 358 g/mol. The molecule has 0 fully saturated rings. The Hall–Kier alpha value is -1.50. The summed E-state index contributed by atoms with van der Waals surface area (Å²) in [6.45, 7) is 6.42. The summed E-state index contributed by atoms with van der Waals surface area (Å²) in [5, 5.41) is 6.71. The number of carbonyl (C=O) groups is 1. The molecule has 1 heterocycles. The number of carbonyl (C=O) groups excluding carboxylic acids is 1. The standard InChI is InChI=1S/C18H24ClN3O2S/c1-3-8-20-9-10-21-18(23)13(2)25-12-17-22-11-16(24-17)14-4-6-15(19)7-5-14/h4-7,11,13,20H,3,8-10,12H2,1-2H3,(H,21,23). The van der Waals surface area contributed by atoms with Crippen molar-refractivity contribution in [3.05, 3.63) is 41.4 Å². The topological polar surface area (TPSA) is 67.2 Å². The number of halogens is 1. The second-order valence-corrected chi connectivity index (χ2v) is 7.38. The number of hydrogen-bond donors (Lipinski definition) is 2. The van der Waals surface area contributed by atoms with Crippen molar-refractivity contribution in [2.45, 2.75) is 31.3 Å². The predicted molar refractivity (Wildman–Crippen MR) is 104 cm³/mol. The first-order valence-corrected chi connectivity index (χ1v) is 9.83. The van der Waals surface area contributed by atoms with E-state index in [4.69, 9.17) is 16.0 Å². The molecule has 1 amide bonds. The maximum atomic E-state index is 12.0. The first-order valence-electron chi connectivity index (χ1n) is 8.40. The quantitative estimate of drug-likeness (QED) is 0.614. The molecule has 0 saturated heterocycles. The average Bonchev–Trinajstić information content (AvgIpc) is 3.09. The van der Waals surface area contributed by atoms with Gasteiger partial charge in [-0.1, -0.05) is 18.5 Å². The van der Waals surface area contributed by atoms with Gasteiger partial charge in [0.1, 0.15) is 0 Å². The highest BCUT2D eigenvalue weighted by molar-refractivity contribution is 7.99. The van der Waals surface area contributed by atoms with Crippen LogP contribution in [0.25, 0.3) is 11.3 Å². The van der Waals surface area contributed by atoms with Crippen molar-refractivity contribution < 1.29 is 9.21 Å². The summed E-state index contributed by atoms with van der Waals surface area (Å²) in [6, 6.07) is 7.41. The molecule has 1 atom stereocenters. The Kier molecular flexibility index (Phi) is 8.31. The van der Waals surface area contributed by atoms with Crippen LogP contribution in [0.1, 0.15) is 26.2 Å². The van der Waals surface area contributed by atoms with Crippen LogP contribution in [0.5, 0.6) is 0 Å². The second-order valence-electron chi connectivity index (χ2n) is 5.62. The minimum Gasteiger partial charge on any atom is -0.440 e. The van der Waals surface area contributed by atoms with Gasteiger partial charge in [0.05, 0.1) is 17.2 Å². The Morgan fingerprint density at radius 3 is 2.76 bits per heavy atom. The Labute approximate surface area is 157 Å². The lowest BCUT2D eigenvalue weighted by Crippen LogP contribution is -2.36. The van der Waals surface area contributed by atoms with E-state index in [1.165, 1.54) is 11.8 Å². The number of nitrogens with one attached hydrogen (secondary N) is 2. The molecule has 1 unspecified atom stereocenters. The lowest BCUT2D eigenvalue weighted by molar-refractivity contribution is -0.120. The number of thioether (sulfide) groups is 1. The Bertz CT molecular complexity index is 661. The van der Waals surface area contributed by atoms with Crippen LogP contribution in [0.3, 0.4) is 0 Å². The highest BCUT2D eigenvalue weighted by Crippen LogP contribution is 2.24. The largest absolute Gasteiger partial charge is 0.440 e. The monoisotopic (exact) mass is 381 g/mol. The molecule has 1 aromatic heterocycles. The van der Waals surface area contributed by atoms with Gasteiger partial charge < -0.3 is 15.1 Å². The van der Waals surface area contributed by atoms with Gasteiger partial charge in [-0.2, -0.15) is 0 Å². The third-order valence-electron chi connectivity index (χ3n) is 3.54. The molecule has 0 saturated carbocycles. The molecule has 0 aliphatic rings. The molecule has 2 aromatic rings. The number of nitrogens with zero attached hydrogens (tertiary/aromatic N) is 1. The highest BCUT2D eigenvalue weighted by Gasteiger charge is 2.15. The van der Waals surface area contributed by atoms with Crippen molar-refractivity contribution in [2.24, 2.45) is 0 Å². The maximum absolute atomic E-state index is 12.0. The number of oxazole rings is 1. The van der Waals surface area contributed by atoms with Gasteiger partial charge in [-0.15, -0.1) is 11.8 Å². The van der Waals surface area contributed by atoms with Gasteiger partial charge in [0.2, 0.25) is 11.8 Å². The van der Waals surface area contributed by atoms with Crippen LogP contribution in [0.4, 0.5) is 0 Å². The fourth-order valence-corrected chi connectivity index (χ4v) is 3.00. The molecule has 5 nitrogen and oxygen atoms in total. The van der Waals surface area contributed by atoms with Crippen LogP contribution in [0.2, 0.25) is 5.02 Å². The third kappa shape index (κ3) is 6.72. The zero-order chi connectivity index (χ0) is 18.1. The van der Waals surface area contributed by atoms with E-state index in [2.05, 4.69) is 22.5 Å². The van der Waals surface area contributed by atoms with Crippen molar-refractivity contribution in [3.8, 4) is 11.3 Å². The Morgan fingerprint density at radius 1 is 1.28 bits per heavy atom. The first kappa shape index (κ1) is 19.8. The molecular formula is C18H24ClN3O2S. The van der Waals surface area contributed by atoms with E-state index in [-0.39, 0.29) is 11.2 Å². The van der Waals surface area contributed by atoms with Crippen molar-refractivity contribution >= 4 is 29.3 Å². The molecule has 7 heteroatoms. The minimum atomic E-state index is -0.156. The molecule has 136 valence electrons. The van der Waals surface area contributed by atoms with Crippen molar-refractivity contribution in [3.63, 3.8) is 0 Å². The Morgan fingerprint density at radius 2 is 2.04 bits per heavy atom. The number of amides is 1. The van der Waals surface area contributed by atoms with Gasteiger partial charge in [-0.3, -0.25) is 4.79 Å². The minimum absolute atomic E-state index is 0.0350. The van der Waals surface area contributed by atoms with E-state index in [0.29, 0.717) is 29.0 Å². The summed E-state index contributed by atoms with van der Waals surface area (Å²) >= 11 is 7.40. The molecule has 1 aromatic carbocycles. The highest BCUT2D eigenvalue weighted by atomic mass is 35.5. The summed E-state index contributed by atoms with van der Waals surface area (Å²) in [5.41, 5.74) is 0.929. The summed E-state index contributed by atoms with van der Waals surface area (Å²) in [5.74, 6) is 1.90. The van der Waals surface area contributed by atoms with E-state index in [1.54, 1.807) is 6.20 Å². The number of rotatable bonds is 10. The van der Waals surface area contributed by atoms with Gasteiger partial charge >= 0.3 is 0 Å². The first-order chi connectivity index (χ1) is 12.1. The summed E-state index contributed by atoms with van der Waals surface area (Å²) in [6.07, 6.45) is 2.79. The predicted octanol–water partition coefficient (Wildman–Crippen LogP) is 3.73. The molecule has 0 aliphatic heterocycles. The van der Waals surface area contributed by atoms with Gasteiger partial charge in [0.15, 0.2) is 5.76 Å². The molecule has 0 spiro atoms. The van der Waals surface area contributed by atoms with Crippen molar-refractivity contribution in [1.29, 1.82) is 0 Å². The van der Waals surface area contributed by atoms with Crippen LogP contribution < -0.4 is 10.6 Å². The summed E-state index contributed by atoms with van der Waals surface area (Å²) < 4.78 is 5.75. The van der Waals surface area contributed by atoms with E-state index < -0.39 is 0 Å². The third-order valence-corrected chi connectivity index (χ3v) is 4.92. The summed E-state index contributed by atoms with van der Waals surface area (Å²) in [7, 11) is 0.